The van der Waals surface area contributed by atoms with Gasteiger partial charge in [0.1, 0.15) is 11.6 Å². The first-order valence-electron chi connectivity index (χ1n) is 8.59. The largest absolute Gasteiger partial charge is 0.383 e. The third-order valence-electron chi connectivity index (χ3n) is 4.90. The fourth-order valence-corrected chi connectivity index (χ4v) is 3.89. The molecule has 0 radical (unpaired) electrons. The van der Waals surface area contributed by atoms with Crippen molar-refractivity contribution < 1.29 is 4.74 Å². The minimum absolute atomic E-state index is 0.445. The van der Waals surface area contributed by atoms with Crippen LogP contribution in [0.3, 0.4) is 0 Å². The van der Waals surface area contributed by atoms with Crippen molar-refractivity contribution in [1.82, 2.24) is 15.3 Å². The number of methoxy groups -OCH3 is 1. The van der Waals surface area contributed by atoms with Crippen LogP contribution in [0.15, 0.2) is 24.5 Å². The van der Waals surface area contributed by atoms with Gasteiger partial charge in [-0.1, -0.05) is 13.0 Å². The molecule has 126 valence electrons. The zero-order valence-electron chi connectivity index (χ0n) is 14.3. The SMILES string of the molecule is COCCN[C@@H]1C[C@H](C)C[C@@H](c2ccc(C#N)c3nccnc23)C1. The van der Waals surface area contributed by atoms with Gasteiger partial charge in [0.05, 0.1) is 17.7 Å². The predicted octanol–water partition coefficient (Wildman–Crippen LogP) is 3.01. The van der Waals surface area contributed by atoms with Gasteiger partial charge in [0, 0.05) is 32.1 Å². The number of nitrogens with zero attached hydrogens (tertiary/aromatic N) is 3. The van der Waals surface area contributed by atoms with Gasteiger partial charge in [-0.05, 0) is 42.7 Å². The zero-order valence-corrected chi connectivity index (χ0v) is 14.3. The molecule has 1 fully saturated rings. The number of hydrogen-bond acceptors (Lipinski definition) is 5. The summed E-state index contributed by atoms with van der Waals surface area (Å²) in [5.74, 6) is 1.10. The maximum atomic E-state index is 9.30. The highest BCUT2D eigenvalue weighted by Gasteiger charge is 2.29. The Balaban J connectivity index is 1.88. The number of fused-ring (bicyclic) bond motifs is 1. The number of nitriles is 1. The fraction of sp³-hybridized carbons (Fsp3) is 0.526. The summed E-state index contributed by atoms with van der Waals surface area (Å²) < 4.78 is 5.14. The Morgan fingerprint density at radius 2 is 2.00 bits per heavy atom. The molecular weight excluding hydrogens is 300 g/mol. The third-order valence-corrected chi connectivity index (χ3v) is 4.90. The van der Waals surface area contributed by atoms with Crippen LogP contribution >= 0.6 is 0 Å². The van der Waals surface area contributed by atoms with E-state index < -0.39 is 0 Å². The highest BCUT2D eigenvalue weighted by atomic mass is 16.5. The smallest absolute Gasteiger partial charge is 0.107 e. The Morgan fingerprint density at radius 1 is 1.21 bits per heavy atom. The van der Waals surface area contributed by atoms with E-state index >= 15 is 0 Å². The number of benzene rings is 1. The zero-order chi connectivity index (χ0) is 16.9. The molecule has 0 spiro atoms. The van der Waals surface area contributed by atoms with Crippen molar-refractivity contribution in [2.75, 3.05) is 20.3 Å². The molecule has 1 aromatic carbocycles. The summed E-state index contributed by atoms with van der Waals surface area (Å²) in [7, 11) is 1.73. The molecule has 1 aromatic heterocycles. The van der Waals surface area contributed by atoms with Crippen LogP contribution in [-0.4, -0.2) is 36.3 Å². The first-order valence-corrected chi connectivity index (χ1v) is 8.59. The number of hydrogen-bond donors (Lipinski definition) is 1. The quantitative estimate of drug-likeness (QED) is 0.856. The molecule has 1 aliphatic rings. The van der Waals surface area contributed by atoms with Gasteiger partial charge in [-0.3, -0.25) is 9.97 Å². The van der Waals surface area contributed by atoms with Gasteiger partial charge < -0.3 is 10.1 Å². The summed E-state index contributed by atoms with van der Waals surface area (Å²) in [6.07, 6.45) is 6.81. The van der Waals surface area contributed by atoms with E-state index in [4.69, 9.17) is 4.74 Å². The average Bonchev–Trinajstić information content (AvgIpc) is 2.60. The van der Waals surface area contributed by atoms with Gasteiger partial charge in [0.25, 0.3) is 0 Å². The second kappa shape index (κ2) is 7.69. The molecule has 5 nitrogen and oxygen atoms in total. The first-order chi connectivity index (χ1) is 11.7. The summed E-state index contributed by atoms with van der Waals surface area (Å²) in [5.41, 5.74) is 3.42. The lowest BCUT2D eigenvalue weighted by molar-refractivity contribution is 0.185. The molecule has 0 saturated heterocycles. The van der Waals surface area contributed by atoms with Crippen molar-refractivity contribution >= 4 is 11.0 Å². The van der Waals surface area contributed by atoms with E-state index in [1.54, 1.807) is 19.5 Å². The monoisotopic (exact) mass is 324 g/mol. The van der Waals surface area contributed by atoms with E-state index in [9.17, 15) is 5.26 Å². The molecule has 0 bridgehead atoms. The van der Waals surface area contributed by atoms with Crippen LogP contribution in [-0.2, 0) is 4.74 Å². The minimum atomic E-state index is 0.445. The maximum Gasteiger partial charge on any atom is 0.107 e. The highest BCUT2D eigenvalue weighted by molar-refractivity contribution is 5.83. The third kappa shape index (κ3) is 3.55. The van der Waals surface area contributed by atoms with Crippen molar-refractivity contribution in [3.8, 4) is 6.07 Å². The molecule has 2 aromatic rings. The molecule has 0 amide bonds. The Bertz CT molecular complexity index is 740. The lowest BCUT2D eigenvalue weighted by Gasteiger charge is -2.34. The Kier molecular flexibility index (Phi) is 5.39. The molecule has 0 unspecified atom stereocenters. The van der Waals surface area contributed by atoms with E-state index in [1.807, 2.05) is 6.07 Å². The fourth-order valence-electron chi connectivity index (χ4n) is 3.89. The Hall–Kier alpha value is -2.03. The standard InChI is InChI=1S/C19H24N4O/c1-13-9-15(11-16(10-13)21-7-8-24-2)17-4-3-14(12-20)18-19(17)23-6-5-22-18/h3-6,13,15-16,21H,7-11H2,1-2H3/t13-,15-,16-/m1/s1. The van der Waals surface area contributed by atoms with Crippen LogP contribution in [0.1, 0.15) is 43.2 Å². The molecule has 24 heavy (non-hydrogen) atoms. The Morgan fingerprint density at radius 3 is 2.75 bits per heavy atom. The van der Waals surface area contributed by atoms with E-state index in [1.165, 1.54) is 12.0 Å². The van der Waals surface area contributed by atoms with E-state index in [0.717, 1.165) is 37.0 Å². The van der Waals surface area contributed by atoms with E-state index in [-0.39, 0.29) is 0 Å². The summed E-state index contributed by atoms with van der Waals surface area (Å²) >= 11 is 0. The van der Waals surface area contributed by atoms with Gasteiger partial charge in [-0.25, -0.2) is 0 Å². The lowest BCUT2D eigenvalue weighted by atomic mass is 9.75. The van der Waals surface area contributed by atoms with Crippen LogP contribution in [0.4, 0.5) is 0 Å². The van der Waals surface area contributed by atoms with E-state index in [2.05, 4.69) is 34.3 Å². The molecular formula is C19H24N4O. The molecule has 5 heteroatoms. The van der Waals surface area contributed by atoms with Crippen LogP contribution in [0.25, 0.3) is 11.0 Å². The molecule has 0 aliphatic heterocycles. The summed E-state index contributed by atoms with van der Waals surface area (Å²) in [6, 6.07) is 6.68. The normalized spacial score (nSPS) is 24.0. The van der Waals surface area contributed by atoms with Gasteiger partial charge in [-0.15, -0.1) is 0 Å². The van der Waals surface area contributed by atoms with E-state index in [0.29, 0.717) is 23.4 Å². The summed E-state index contributed by atoms with van der Waals surface area (Å²) in [4.78, 5) is 8.93. The van der Waals surface area contributed by atoms with Crippen LogP contribution in [0.5, 0.6) is 0 Å². The number of nitrogens with one attached hydrogen (secondary N) is 1. The van der Waals surface area contributed by atoms with Crippen LogP contribution in [0.2, 0.25) is 0 Å². The molecule has 1 heterocycles. The second-order valence-electron chi connectivity index (χ2n) is 6.72. The van der Waals surface area contributed by atoms with Gasteiger partial charge in [-0.2, -0.15) is 5.26 Å². The molecule has 3 rings (SSSR count). The highest BCUT2D eigenvalue weighted by Crippen LogP contribution is 2.38. The molecule has 1 aliphatic carbocycles. The molecule has 3 atom stereocenters. The lowest BCUT2D eigenvalue weighted by Crippen LogP contribution is -2.38. The summed E-state index contributed by atoms with van der Waals surface area (Å²) in [6.45, 7) is 3.93. The van der Waals surface area contributed by atoms with Crippen LogP contribution in [0, 0.1) is 17.2 Å². The number of ether oxygens (including phenoxy) is 1. The van der Waals surface area contributed by atoms with Crippen molar-refractivity contribution in [3.05, 3.63) is 35.7 Å². The van der Waals surface area contributed by atoms with Gasteiger partial charge >= 0.3 is 0 Å². The minimum Gasteiger partial charge on any atom is -0.383 e. The number of aromatic nitrogens is 2. The van der Waals surface area contributed by atoms with Crippen molar-refractivity contribution in [3.63, 3.8) is 0 Å². The van der Waals surface area contributed by atoms with Gasteiger partial charge in [0.15, 0.2) is 0 Å². The second-order valence-corrected chi connectivity index (χ2v) is 6.72. The summed E-state index contributed by atoms with van der Waals surface area (Å²) in [5, 5.41) is 12.9. The van der Waals surface area contributed by atoms with Gasteiger partial charge in [0.2, 0.25) is 0 Å². The topological polar surface area (TPSA) is 70.8 Å². The van der Waals surface area contributed by atoms with Crippen molar-refractivity contribution in [2.24, 2.45) is 5.92 Å². The molecule has 1 saturated carbocycles. The Labute approximate surface area is 143 Å². The van der Waals surface area contributed by atoms with Crippen molar-refractivity contribution in [2.45, 2.75) is 38.1 Å². The molecule has 1 N–H and O–H groups in total. The average molecular weight is 324 g/mol. The first kappa shape index (κ1) is 16.8. The number of rotatable bonds is 5. The van der Waals surface area contributed by atoms with Crippen LogP contribution < -0.4 is 5.32 Å². The van der Waals surface area contributed by atoms with Crippen molar-refractivity contribution in [1.29, 1.82) is 5.26 Å². The maximum absolute atomic E-state index is 9.30. The predicted molar refractivity (Wildman–Crippen MR) is 93.7 cm³/mol.